The Kier molecular flexibility index (Phi) is 3.45. The minimum absolute atomic E-state index is 0.0920. The molecule has 0 rings (SSSR count). The molecule has 1 atom stereocenters. The third-order valence-corrected chi connectivity index (χ3v) is 1.01. The van der Waals surface area contributed by atoms with Gasteiger partial charge >= 0.3 is 5.97 Å². The summed E-state index contributed by atoms with van der Waals surface area (Å²) in [6, 6.07) is 1.96. The average Bonchev–Trinajstić information content (AvgIpc) is 1.83. The molecule has 3 nitrogen and oxygen atoms in total. The van der Waals surface area contributed by atoms with Crippen LogP contribution < -0.4 is 0 Å². The van der Waals surface area contributed by atoms with Gasteiger partial charge in [-0.05, 0) is 13.3 Å². The lowest BCUT2D eigenvalue weighted by atomic mass is 10.1. The van der Waals surface area contributed by atoms with Crippen LogP contribution in [0.4, 0.5) is 0 Å². The summed E-state index contributed by atoms with van der Waals surface area (Å²) < 4.78 is 0. The maximum Gasteiger partial charge on any atom is 0.303 e. The van der Waals surface area contributed by atoms with Crippen molar-refractivity contribution >= 4 is 5.97 Å². The van der Waals surface area contributed by atoms with Crippen LogP contribution in [0.1, 0.15) is 19.8 Å². The Morgan fingerprint density at radius 3 is 2.78 bits per heavy atom. The maximum atomic E-state index is 9.91. The van der Waals surface area contributed by atoms with E-state index in [2.05, 4.69) is 0 Å². The summed E-state index contributed by atoms with van der Waals surface area (Å²) in [5.41, 5.74) is 0. The highest BCUT2D eigenvalue weighted by Gasteiger charge is 2.02. The van der Waals surface area contributed by atoms with Crippen LogP contribution in [0.25, 0.3) is 0 Å². The molecule has 3 heteroatoms. The van der Waals surface area contributed by atoms with E-state index in [1.54, 1.807) is 6.92 Å². The van der Waals surface area contributed by atoms with E-state index >= 15 is 0 Å². The third-order valence-electron chi connectivity index (χ3n) is 1.01. The number of carbonyl (C=O) groups is 1. The van der Waals surface area contributed by atoms with Gasteiger partial charge in [-0.15, -0.1) is 0 Å². The Morgan fingerprint density at radius 2 is 2.44 bits per heavy atom. The molecule has 0 spiro atoms. The van der Waals surface area contributed by atoms with E-state index in [1.165, 1.54) is 0 Å². The predicted octanol–water partition coefficient (Wildman–Crippen LogP) is 1.01. The van der Waals surface area contributed by atoms with Crippen LogP contribution >= 0.6 is 0 Å². The SMILES string of the molecule is CC(C#N)CCC(=O)O. The van der Waals surface area contributed by atoms with Crippen molar-refractivity contribution in [2.45, 2.75) is 19.8 Å². The fourth-order valence-electron chi connectivity index (χ4n) is 0.405. The van der Waals surface area contributed by atoms with Crippen molar-refractivity contribution in [3.8, 4) is 6.07 Å². The van der Waals surface area contributed by atoms with Crippen LogP contribution in [0.2, 0.25) is 0 Å². The molecule has 0 aliphatic heterocycles. The van der Waals surface area contributed by atoms with Gasteiger partial charge in [-0.1, -0.05) is 0 Å². The van der Waals surface area contributed by atoms with Crippen molar-refractivity contribution in [3.05, 3.63) is 0 Å². The summed E-state index contributed by atoms with van der Waals surface area (Å²) in [5.74, 6) is -0.974. The largest absolute Gasteiger partial charge is 0.481 e. The molecule has 9 heavy (non-hydrogen) atoms. The number of hydrogen-bond donors (Lipinski definition) is 1. The van der Waals surface area contributed by atoms with Crippen LogP contribution in [0.3, 0.4) is 0 Å². The summed E-state index contributed by atoms with van der Waals surface area (Å²) >= 11 is 0. The van der Waals surface area contributed by atoms with Gasteiger partial charge in [-0.2, -0.15) is 5.26 Å². The van der Waals surface area contributed by atoms with Crippen molar-refractivity contribution in [3.63, 3.8) is 0 Å². The van der Waals surface area contributed by atoms with Crippen LogP contribution in [0, 0.1) is 17.2 Å². The first kappa shape index (κ1) is 7.96. The Labute approximate surface area is 53.9 Å². The lowest BCUT2D eigenvalue weighted by Crippen LogP contribution is -1.98. The molecule has 0 heterocycles. The first-order valence-corrected chi connectivity index (χ1v) is 2.78. The van der Waals surface area contributed by atoms with Gasteiger partial charge in [0.15, 0.2) is 0 Å². The number of carboxylic acid groups (broad SMARTS) is 1. The predicted molar refractivity (Wildman–Crippen MR) is 31.6 cm³/mol. The minimum Gasteiger partial charge on any atom is -0.481 e. The average molecular weight is 127 g/mol. The second-order valence-electron chi connectivity index (χ2n) is 1.96. The second kappa shape index (κ2) is 3.90. The Balaban J connectivity index is 3.30. The van der Waals surface area contributed by atoms with E-state index in [0.29, 0.717) is 6.42 Å². The van der Waals surface area contributed by atoms with Crippen LogP contribution in [-0.4, -0.2) is 11.1 Å². The Morgan fingerprint density at radius 1 is 1.89 bits per heavy atom. The lowest BCUT2D eigenvalue weighted by molar-refractivity contribution is -0.137. The molecule has 0 radical (unpaired) electrons. The quantitative estimate of drug-likeness (QED) is 0.615. The second-order valence-corrected chi connectivity index (χ2v) is 1.96. The van der Waals surface area contributed by atoms with Gasteiger partial charge in [0, 0.05) is 12.3 Å². The molecule has 1 N–H and O–H groups in total. The van der Waals surface area contributed by atoms with Crippen LogP contribution in [-0.2, 0) is 4.79 Å². The van der Waals surface area contributed by atoms with Gasteiger partial charge in [0.05, 0.1) is 6.07 Å². The molecule has 0 fully saturated rings. The molecule has 0 bridgehead atoms. The summed E-state index contributed by atoms with van der Waals surface area (Å²) in [7, 11) is 0. The van der Waals surface area contributed by atoms with E-state index < -0.39 is 5.97 Å². The van der Waals surface area contributed by atoms with Crippen LogP contribution in [0.5, 0.6) is 0 Å². The molecule has 0 aromatic rings. The van der Waals surface area contributed by atoms with Gasteiger partial charge in [-0.25, -0.2) is 0 Å². The molecule has 0 amide bonds. The van der Waals surface area contributed by atoms with Crippen molar-refractivity contribution in [1.29, 1.82) is 5.26 Å². The molecule has 0 saturated heterocycles. The standard InChI is InChI=1S/C6H9NO2/c1-5(4-7)2-3-6(8)9/h5H,2-3H2,1H3,(H,8,9). The number of rotatable bonds is 3. The van der Waals surface area contributed by atoms with E-state index in [1.807, 2.05) is 6.07 Å². The molecule has 0 aliphatic carbocycles. The summed E-state index contributed by atoms with van der Waals surface area (Å²) in [4.78, 5) is 9.91. The molecular weight excluding hydrogens is 118 g/mol. The van der Waals surface area contributed by atoms with Gasteiger partial charge < -0.3 is 5.11 Å². The molecular formula is C6H9NO2. The Hall–Kier alpha value is -1.04. The molecule has 0 aromatic carbocycles. The van der Waals surface area contributed by atoms with Gasteiger partial charge in [0.25, 0.3) is 0 Å². The molecule has 50 valence electrons. The van der Waals surface area contributed by atoms with Crippen molar-refractivity contribution < 1.29 is 9.90 Å². The maximum absolute atomic E-state index is 9.91. The van der Waals surface area contributed by atoms with Gasteiger partial charge in [-0.3, -0.25) is 4.79 Å². The molecule has 0 saturated carbocycles. The van der Waals surface area contributed by atoms with E-state index in [4.69, 9.17) is 10.4 Å². The minimum atomic E-state index is -0.836. The number of hydrogen-bond acceptors (Lipinski definition) is 2. The number of carboxylic acids is 1. The van der Waals surface area contributed by atoms with E-state index in [0.717, 1.165) is 0 Å². The molecule has 0 aliphatic rings. The molecule has 1 unspecified atom stereocenters. The number of nitrogens with zero attached hydrogens (tertiary/aromatic N) is 1. The zero-order chi connectivity index (χ0) is 7.28. The topological polar surface area (TPSA) is 61.1 Å². The normalized spacial score (nSPS) is 12.0. The summed E-state index contributed by atoms with van der Waals surface area (Å²) in [6.07, 6.45) is 0.542. The zero-order valence-electron chi connectivity index (χ0n) is 5.29. The highest BCUT2D eigenvalue weighted by atomic mass is 16.4. The number of aliphatic carboxylic acids is 1. The lowest BCUT2D eigenvalue weighted by Gasteiger charge is -1.95. The van der Waals surface area contributed by atoms with Crippen molar-refractivity contribution in [2.24, 2.45) is 5.92 Å². The summed E-state index contributed by atoms with van der Waals surface area (Å²) in [6.45, 7) is 1.71. The van der Waals surface area contributed by atoms with Gasteiger partial charge in [0.1, 0.15) is 0 Å². The van der Waals surface area contributed by atoms with Crippen molar-refractivity contribution in [1.82, 2.24) is 0 Å². The van der Waals surface area contributed by atoms with E-state index in [-0.39, 0.29) is 12.3 Å². The highest BCUT2D eigenvalue weighted by molar-refractivity contribution is 5.66. The highest BCUT2D eigenvalue weighted by Crippen LogP contribution is 2.02. The number of nitriles is 1. The third kappa shape index (κ3) is 4.82. The molecule has 0 aromatic heterocycles. The first-order chi connectivity index (χ1) is 4.16. The zero-order valence-corrected chi connectivity index (χ0v) is 5.29. The van der Waals surface area contributed by atoms with E-state index in [9.17, 15) is 4.79 Å². The summed E-state index contributed by atoms with van der Waals surface area (Å²) in [5, 5.41) is 16.4. The smallest absolute Gasteiger partial charge is 0.303 e. The monoisotopic (exact) mass is 127 g/mol. The van der Waals surface area contributed by atoms with Crippen LogP contribution in [0.15, 0.2) is 0 Å². The van der Waals surface area contributed by atoms with Crippen molar-refractivity contribution in [2.75, 3.05) is 0 Å². The fourth-order valence-corrected chi connectivity index (χ4v) is 0.405. The van der Waals surface area contributed by atoms with Gasteiger partial charge in [0.2, 0.25) is 0 Å². The first-order valence-electron chi connectivity index (χ1n) is 2.78. The fraction of sp³-hybridized carbons (Fsp3) is 0.667. The Bertz CT molecular complexity index is 136.